The van der Waals surface area contributed by atoms with E-state index in [4.69, 9.17) is 5.11 Å². The van der Waals surface area contributed by atoms with E-state index >= 15 is 0 Å². The Kier molecular flexibility index (Phi) is 4.02. The molecule has 0 fully saturated rings. The average Bonchev–Trinajstić information content (AvgIpc) is 2.86. The third-order valence-corrected chi connectivity index (χ3v) is 4.13. The maximum Gasteiger partial charge on any atom is 0.209 e. The van der Waals surface area contributed by atoms with Gasteiger partial charge in [0, 0.05) is 25.6 Å². The molecule has 1 aliphatic rings. The Bertz CT molecular complexity index is 593. The molecule has 0 aliphatic heterocycles. The first-order valence-electron chi connectivity index (χ1n) is 7.33. The molecule has 108 valence electrons. The minimum atomic E-state index is 0.113. The third kappa shape index (κ3) is 2.57. The van der Waals surface area contributed by atoms with Gasteiger partial charge in [-0.25, -0.2) is 0 Å². The van der Waals surface area contributed by atoms with Gasteiger partial charge in [0.2, 0.25) is 6.41 Å². The molecule has 2 aromatic carbocycles. The summed E-state index contributed by atoms with van der Waals surface area (Å²) < 4.78 is 0. The highest BCUT2D eigenvalue weighted by molar-refractivity contribution is 5.79. The van der Waals surface area contributed by atoms with E-state index in [0.717, 1.165) is 6.41 Å². The number of rotatable bonds is 6. The first kappa shape index (κ1) is 13.8. The van der Waals surface area contributed by atoms with Gasteiger partial charge in [-0.1, -0.05) is 48.5 Å². The number of aliphatic hydroxyl groups excluding tert-OH is 1. The Hall–Kier alpha value is -2.13. The summed E-state index contributed by atoms with van der Waals surface area (Å²) in [6.45, 7) is 1.38. The first-order valence-corrected chi connectivity index (χ1v) is 7.33. The van der Waals surface area contributed by atoms with Crippen LogP contribution in [0.15, 0.2) is 48.5 Å². The van der Waals surface area contributed by atoms with Gasteiger partial charge in [0.15, 0.2) is 0 Å². The van der Waals surface area contributed by atoms with Gasteiger partial charge >= 0.3 is 0 Å². The van der Waals surface area contributed by atoms with Crippen LogP contribution in [0.5, 0.6) is 0 Å². The van der Waals surface area contributed by atoms with Crippen molar-refractivity contribution in [3.05, 3.63) is 59.7 Å². The minimum absolute atomic E-state index is 0.113. The second-order valence-corrected chi connectivity index (χ2v) is 5.40. The smallest absolute Gasteiger partial charge is 0.209 e. The fourth-order valence-corrected chi connectivity index (χ4v) is 3.15. The Labute approximate surface area is 124 Å². The van der Waals surface area contributed by atoms with Gasteiger partial charge in [-0.15, -0.1) is 0 Å². The fourth-order valence-electron chi connectivity index (χ4n) is 3.15. The molecule has 2 aromatic rings. The van der Waals surface area contributed by atoms with Crippen molar-refractivity contribution in [2.24, 2.45) is 0 Å². The van der Waals surface area contributed by atoms with Crippen molar-refractivity contribution in [2.45, 2.75) is 12.3 Å². The van der Waals surface area contributed by atoms with Gasteiger partial charge < -0.3 is 10.0 Å². The van der Waals surface area contributed by atoms with Crippen LogP contribution in [-0.2, 0) is 4.79 Å². The molecular formula is C18H19NO2. The molecule has 0 saturated heterocycles. The van der Waals surface area contributed by atoms with Crippen molar-refractivity contribution < 1.29 is 9.90 Å². The fraction of sp³-hybridized carbons (Fsp3) is 0.278. The van der Waals surface area contributed by atoms with Crippen LogP contribution in [0.25, 0.3) is 11.1 Å². The summed E-state index contributed by atoms with van der Waals surface area (Å²) in [6.07, 6.45) is 1.51. The summed E-state index contributed by atoms with van der Waals surface area (Å²) in [5, 5.41) is 8.94. The molecule has 0 heterocycles. The molecule has 0 spiro atoms. The van der Waals surface area contributed by atoms with E-state index in [0.29, 0.717) is 19.5 Å². The number of aliphatic hydroxyl groups is 1. The number of hydrogen-bond acceptors (Lipinski definition) is 2. The number of fused-ring (bicyclic) bond motifs is 3. The summed E-state index contributed by atoms with van der Waals surface area (Å²) in [4.78, 5) is 13.0. The molecule has 21 heavy (non-hydrogen) atoms. The predicted octanol–water partition coefficient (Wildman–Crippen LogP) is 2.64. The highest BCUT2D eigenvalue weighted by atomic mass is 16.3. The summed E-state index contributed by atoms with van der Waals surface area (Å²) in [6, 6.07) is 16.8. The SMILES string of the molecule is O=CN(CCCO)CC1c2ccccc2-c2ccccc21. The second kappa shape index (κ2) is 6.10. The standard InChI is InChI=1S/C18H19NO2/c20-11-5-10-19(13-21)12-18-16-8-3-1-6-14(16)15-7-2-4-9-17(15)18/h1-4,6-9,13,18,20H,5,10-12H2. The minimum Gasteiger partial charge on any atom is -0.396 e. The van der Waals surface area contributed by atoms with Crippen molar-refractivity contribution in [2.75, 3.05) is 19.7 Å². The van der Waals surface area contributed by atoms with E-state index in [1.165, 1.54) is 22.3 Å². The van der Waals surface area contributed by atoms with E-state index in [2.05, 4.69) is 48.5 Å². The number of hydrogen-bond donors (Lipinski definition) is 1. The number of carbonyl (C=O) groups excluding carboxylic acids is 1. The van der Waals surface area contributed by atoms with Crippen LogP contribution < -0.4 is 0 Å². The Morgan fingerprint density at radius 2 is 1.57 bits per heavy atom. The van der Waals surface area contributed by atoms with Gasteiger partial charge in [-0.2, -0.15) is 0 Å². The number of benzene rings is 2. The molecule has 1 N–H and O–H groups in total. The number of nitrogens with zero attached hydrogens (tertiary/aromatic N) is 1. The zero-order valence-electron chi connectivity index (χ0n) is 11.9. The zero-order valence-corrected chi connectivity index (χ0v) is 11.9. The number of carbonyl (C=O) groups is 1. The monoisotopic (exact) mass is 281 g/mol. The van der Waals surface area contributed by atoms with Gasteiger partial charge in [0.25, 0.3) is 0 Å². The lowest BCUT2D eigenvalue weighted by molar-refractivity contribution is -0.118. The van der Waals surface area contributed by atoms with E-state index in [9.17, 15) is 4.79 Å². The summed E-state index contributed by atoms with van der Waals surface area (Å²) in [5.41, 5.74) is 5.11. The van der Waals surface area contributed by atoms with Crippen LogP contribution in [0.2, 0.25) is 0 Å². The zero-order chi connectivity index (χ0) is 14.7. The largest absolute Gasteiger partial charge is 0.396 e. The van der Waals surface area contributed by atoms with Crippen molar-refractivity contribution in [1.29, 1.82) is 0 Å². The van der Waals surface area contributed by atoms with Crippen molar-refractivity contribution in [3.63, 3.8) is 0 Å². The van der Waals surface area contributed by atoms with Crippen molar-refractivity contribution in [1.82, 2.24) is 4.90 Å². The Morgan fingerprint density at radius 3 is 2.10 bits per heavy atom. The molecule has 3 heteroatoms. The quantitative estimate of drug-likeness (QED) is 0.827. The molecule has 3 nitrogen and oxygen atoms in total. The average molecular weight is 281 g/mol. The molecule has 0 unspecified atom stereocenters. The highest BCUT2D eigenvalue weighted by Gasteiger charge is 2.28. The molecule has 0 radical (unpaired) electrons. The van der Waals surface area contributed by atoms with Crippen LogP contribution in [0.4, 0.5) is 0 Å². The van der Waals surface area contributed by atoms with Crippen LogP contribution >= 0.6 is 0 Å². The molecule has 0 aromatic heterocycles. The number of amides is 1. The van der Waals surface area contributed by atoms with Crippen LogP contribution in [0, 0.1) is 0 Å². The molecule has 1 aliphatic carbocycles. The maximum absolute atomic E-state index is 11.3. The normalized spacial score (nSPS) is 12.8. The van der Waals surface area contributed by atoms with E-state index in [1.54, 1.807) is 4.90 Å². The lowest BCUT2D eigenvalue weighted by atomic mass is 9.96. The highest BCUT2D eigenvalue weighted by Crippen LogP contribution is 2.44. The molecular weight excluding hydrogens is 262 g/mol. The Morgan fingerprint density at radius 1 is 1.00 bits per heavy atom. The van der Waals surface area contributed by atoms with Crippen LogP contribution in [0.1, 0.15) is 23.5 Å². The van der Waals surface area contributed by atoms with Crippen molar-refractivity contribution >= 4 is 6.41 Å². The van der Waals surface area contributed by atoms with Gasteiger partial charge in [-0.3, -0.25) is 4.79 Å². The van der Waals surface area contributed by atoms with Crippen molar-refractivity contribution in [3.8, 4) is 11.1 Å². The third-order valence-electron chi connectivity index (χ3n) is 4.13. The Balaban J connectivity index is 1.93. The summed E-state index contributed by atoms with van der Waals surface area (Å²) in [5.74, 6) is 0.223. The van der Waals surface area contributed by atoms with Gasteiger partial charge in [0.1, 0.15) is 0 Å². The second-order valence-electron chi connectivity index (χ2n) is 5.40. The first-order chi connectivity index (χ1) is 10.3. The van der Waals surface area contributed by atoms with Crippen LogP contribution in [-0.4, -0.2) is 36.1 Å². The molecule has 0 saturated carbocycles. The molecule has 0 atom stereocenters. The topological polar surface area (TPSA) is 40.5 Å². The van der Waals surface area contributed by atoms with E-state index in [1.807, 2.05) is 0 Å². The van der Waals surface area contributed by atoms with E-state index in [-0.39, 0.29) is 12.5 Å². The maximum atomic E-state index is 11.3. The summed E-state index contributed by atoms with van der Waals surface area (Å²) in [7, 11) is 0. The summed E-state index contributed by atoms with van der Waals surface area (Å²) >= 11 is 0. The molecule has 0 bridgehead atoms. The molecule has 3 rings (SSSR count). The lowest BCUT2D eigenvalue weighted by Gasteiger charge is -2.22. The van der Waals surface area contributed by atoms with Gasteiger partial charge in [-0.05, 0) is 28.7 Å². The predicted molar refractivity (Wildman–Crippen MR) is 83.1 cm³/mol. The van der Waals surface area contributed by atoms with E-state index < -0.39 is 0 Å². The van der Waals surface area contributed by atoms with Gasteiger partial charge in [0.05, 0.1) is 0 Å². The lowest BCUT2D eigenvalue weighted by Crippen LogP contribution is -2.28. The molecule has 1 amide bonds. The van der Waals surface area contributed by atoms with Crippen LogP contribution in [0.3, 0.4) is 0 Å².